The van der Waals surface area contributed by atoms with Gasteiger partial charge in [0.15, 0.2) is 11.5 Å². The predicted molar refractivity (Wildman–Crippen MR) is 93.1 cm³/mol. The summed E-state index contributed by atoms with van der Waals surface area (Å²) in [6.07, 6.45) is 2.04. The van der Waals surface area contributed by atoms with Gasteiger partial charge in [0, 0.05) is 17.0 Å². The van der Waals surface area contributed by atoms with Crippen molar-refractivity contribution in [3.05, 3.63) is 64.1 Å². The lowest BCUT2D eigenvalue weighted by Crippen LogP contribution is -2.37. The van der Waals surface area contributed by atoms with Crippen molar-refractivity contribution in [3.63, 3.8) is 0 Å². The van der Waals surface area contributed by atoms with E-state index in [1.165, 1.54) is 0 Å². The highest BCUT2D eigenvalue weighted by Crippen LogP contribution is 2.37. The van der Waals surface area contributed by atoms with Crippen molar-refractivity contribution in [2.45, 2.75) is 13.0 Å². The number of hydrogen-bond acceptors (Lipinski definition) is 4. The number of hydrogen-bond donors (Lipinski definition) is 1. The second-order valence-electron chi connectivity index (χ2n) is 5.65. The highest BCUT2D eigenvalue weighted by atomic mass is 79.9. The molecular formula is C18H15BrN2O3. The van der Waals surface area contributed by atoms with Crippen LogP contribution in [0.5, 0.6) is 11.5 Å². The SMILES string of the molecule is CC(=O)N1NC(c2ccc3c(c2)OCO3)=C[C@@H]1c1ccc(Br)cc1. The summed E-state index contributed by atoms with van der Waals surface area (Å²) < 4.78 is 11.8. The van der Waals surface area contributed by atoms with Crippen LogP contribution in [0.2, 0.25) is 0 Å². The molecule has 2 aliphatic rings. The fourth-order valence-electron chi connectivity index (χ4n) is 2.87. The topological polar surface area (TPSA) is 50.8 Å². The maximum atomic E-state index is 12.0. The largest absolute Gasteiger partial charge is 0.454 e. The number of nitrogens with zero attached hydrogens (tertiary/aromatic N) is 1. The number of fused-ring (bicyclic) bond motifs is 1. The third kappa shape index (κ3) is 2.63. The van der Waals surface area contributed by atoms with Gasteiger partial charge in [0.05, 0.1) is 11.7 Å². The lowest BCUT2D eigenvalue weighted by atomic mass is 10.0. The number of benzene rings is 2. The van der Waals surface area contributed by atoms with Gasteiger partial charge in [-0.05, 0) is 42.0 Å². The molecule has 0 aliphatic carbocycles. The van der Waals surface area contributed by atoms with Crippen LogP contribution in [0, 0.1) is 0 Å². The number of rotatable bonds is 2. The zero-order valence-electron chi connectivity index (χ0n) is 13.0. The Morgan fingerprint density at radius 3 is 2.67 bits per heavy atom. The van der Waals surface area contributed by atoms with Crippen molar-refractivity contribution < 1.29 is 14.3 Å². The summed E-state index contributed by atoms with van der Waals surface area (Å²) in [6.45, 7) is 1.79. The standard InChI is InChI=1S/C18H15BrN2O3/c1-11(22)21-16(12-2-5-14(19)6-3-12)9-15(20-21)13-4-7-17-18(8-13)24-10-23-17/h2-9,16,20H,10H2,1H3/t16-/m1/s1. The molecule has 1 atom stereocenters. The van der Waals surface area contributed by atoms with Crippen molar-refractivity contribution in [3.8, 4) is 11.5 Å². The smallest absolute Gasteiger partial charge is 0.238 e. The zero-order valence-corrected chi connectivity index (χ0v) is 14.5. The number of amides is 1. The van der Waals surface area contributed by atoms with Gasteiger partial charge in [-0.15, -0.1) is 0 Å². The molecule has 0 bridgehead atoms. The first-order valence-electron chi connectivity index (χ1n) is 7.55. The predicted octanol–water partition coefficient (Wildman–Crippen LogP) is 3.63. The number of nitrogens with one attached hydrogen (secondary N) is 1. The van der Waals surface area contributed by atoms with Crippen LogP contribution in [0.4, 0.5) is 0 Å². The van der Waals surface area contributed by atoms with E-state index >= 15 is 0 Å². The fraction of sp³-hybridized carbons (Fsp3) is 0.167. The van der Waals surface area contributed by atoms with Crippen molar-refractivity contribution in [2.75, 3.05) is 6.79 Å². The van der Waals surface area contributed by atoms with Crippen LogP contribution in [0.15, 0.2) is 53.0 Å². The first-order valence-corrected chi connectivity index (χ1v) is 8.35. The number of carbonyl (C=O) groups excluding carboxylic acids is 1. The van der Waals surface area contributed by atoms with Crippen LogP contribution in [0.25, 0.3) is 5.70 Å². The van der Waals surface area contributed by atoms with E-state index in [2.05, 4.69) is 21.4 Å². The summed E-state index contributed by atoms with van der Waals surface area (Å²) in [6, 6.07) is 13.6. The minimum absolute atomic E-state index is 0.0464. The number of carbonyl (C=O) groups is 1. The van der Waals surface area contributed by atoms with Crippen LogP contribution in [0.1, 0.15) is 24.1 Å². The average molecular weight is 387 g/mol. The van der Waals surface area contributed by atoms with E-state index in [4.69, 9.17) is 9.47 Å². The highest BCUT2D eigenvalue weighted by molar-refractivity contribution is 9.10. The first kappa shape index (κ1) is 15.1. The Bertz CT molecular complexity index is 833. The molecule has 0 radical (unpaired) electrons. The van der Waals surface area contributed by atoms with Crippen molar-refractivity contribution in [1.82, 2.24) is 10.4 Å². The van der Waals surface area contributed by atoms with Gasteiger partial charge < -0.3 is 9.47 Å². The Morgan fingerprint density at radius 1 is 1.17 bits per heavy atom. The first-order chi connectivity index (χ1) is 11.6. The highest BCUT2D eigenvalue weighted by Gasteiger charge is 2.29. The molecule has 0 aromatic heterocycles. The Morgan fingerprint density at radius 2 is 1.92 bits per heavy atom. The summed E-state index contributed by atoms with van der Waals surface area (Å²) in [5.74, 6) is 1.41. The molecule has 1 N–H and O–H groups in total. The lowest BCUT2D eigenvalue weighted by Gasteiger charge is -2.24. The van der Waals surface area contributed by atoms with Gasteiger partial charge in [0.2, 0.25) is 12.7 Å². The normalized spacial score (nSPS) is 18.3. The molecule has 6 heteroatoms. The Labute approximate surface area is 148 Å². The van der Waals surface area contributed by atoms with Gasteiger partial charge >= 0.3 is 0 Å². The molecule has 2 aliphatic heterocycles. The molecule has 2 aromatic carbocycles. The van der Waals surface area contributed by atoms with E-state index in [9.17, 15) is 4.79 Å². The van der Waals surface area contributed by atoms with Gasteiger partial charge in [0.25, 0.3) is 0 Å². The number of hydrazine groups is 1. The van der Waals surface area contributed by atoms with Crippen LogP contribution >= 0.6 is 15.9 Å². The molecule has 0 saturated heterocycles. The Kier molecular flexibility index (Phi) is 3.69. The lowest BCUT2D eigenvalue weighted by molar-refractivity contribution is -0.132. The summed E-state index contributed by atoms with van der Waals surface area (Å²) in [4.78, 5) is 12.0. The minimum Gasteiger partial charge on any atom is -0.454 e. The van der Waals surface area contributed by atoms with Crippen LogP contribution in [-0.4, -0.2) is 17.7 Å². The molecule has 0 saturated carbocycles. The molecule has 5 nitrogen and oxygen atoms in total. The summed E-state index contributed by atoms with van der Waals surface area (Å²) in [5.41, 5.74) is 6.06. The van der Waals surface area contributed by atoms with Gasteiger partial charge in [-0.25, -0.2) is 5.01 Å². The number of ether oxygens (including phenoxy) is 2. The third-order valence-electron chi connectivity index (χ3n) is 4.08. The second kappa shape index (κ2) is 5.87. The van der Waals surface area contributed by atoms with E-state index in [0.29, 0.717) is 0 Å². The molecule has 0 spiro atoms. The van der Waals surface area contributed by atoms with Crippen LogP contribution < -0.4 is 14.9 Å². The van der Waals surface area contributed by atoms with Gasteiger partial charge in [-0.3, -0.25) is 10.2 Å². The van der Waals surface area contributed by atoms with Crippen molar-refractivity contribution in [1.29, 1.82) is 0 Å². The minimum atomic E-state index is -0.156. The Balaban J connectivity index is 1.70. The van der Waals surface area contributed by atoms with E-state index in [-0.39, 0.29) is 18.7 Å². The zero-order chi connectivity index (χ0) is 16.7. The van der Waals surface area contributed by atoms with Crippen molar-refractivity contribution in [2.24, 2.45) is 0 Å². The monoisotopic (exact) mass is 386 g/mol. The van der Waals surface area contributed by atoms with Gasteiger partial charge in [0.1, 0.15) is 0 Å². The van der Waals surface area contributed by atoms with E-state index in [0.717, 1.165) is 32.8 Å². The van der Waals surface area contributed by atoms with E-state index in [1.807, 2.05) is 48.5 Å². The summed E-state index contributed by atoms with van der Waals surface area (Å²) in [7, 11) is 0. The molecule has 2 aromatic rings. The van der Waals surface area contributed by atoms with Crippen molar-refractivity contribution >= 4 is 27.5 Å². The molecule has 0 fully saturated rings. The average Bonchev–Trinajstić information content (AvgIpc) is 3.21. The number of halogens is 1. The Hall–Kier alpha value is -2.47. The molecule has 1 amide bonds. The van der Waals surface area contributed by atoms with Crippen LogP contribution in [-0.2, 0) is 4.79 Å². The molecule has 122 valence electrons. The maximum Gasteiger partial charge on any atom is 0.238 e. The second-order valence-corrected chi connectivity index (χ2v) is 6.56. The van der Waals surface area contributed by atoms with Crippen LogP contribution in [0.3, 0.4) is 0 Å². The quantitative estimate of drug-likeness (QED) is 0.855. The van der Waals surface area contributed by atoms with Gasteiger partial charge in [-0.1, -0.05) is 28.1 Å². The van der Waals surface area contributed by atoms with Gasteiger partial charge in [-0.2, -0.15) is 0 Å². The molecule has 2 heterocycles. The molecule has 4 rings (SSSR count). The molecule has 24 heavy (non-hydrogen) atoms. The molecular weight excluding hydrogens is 372 g/mol. The van der Waals surface area contributed by atoms with E-state index < -0.39 is 0 Å². The maximum absolute atomic E-state index is 12.0. The third-order valence-corrected chi connectivity index (χ3v) is 4.61. The molecule has 0 unspecified atom stereocenters. The summed E-state index contributed by atoms with van der Waals surface area (Å²) in [5, 5.41) is 1.63. The van der Waals surface area contributed by atoms with E-state index in [1.54, 1.807) is 11.9 Å². The fourth-order valence-corrected chi connectivity index (χ4v) is 3.14. The summed E-state index contributed by atoms with van der Waals surface area (Å²) >= 11 is 3.44.